The lowest BCUT2D eigenvalue weighted by molar-refractivity contribution is -0.160. The minimum absolute atomic E-state index is 0.0446. The minimum Gasteiger partial charge on any atom is -0.382 e. The van der Waals surface area contributed by atoms with E-state index in [1.165, 1.54) is 11.1 Å². The van der Waals surface area contributed by atoms with Crippen LogP contribution in [0.5, 0.6) is 0 Å². The highest BCUT2D eigenvalue weighted by Crippen LogP contribution is 2.69. The number of ketones is 4. The molecule has 6 saturated carbocycles. The average molecular weight is 661 g/mol. The summed E-state index contributed by atoms with van der Waals surface area (Å²) in [6.45, 7) is 12.2. The van der Waals surface area contributed by atoms with E-state index in [0.29, 0.717) is 72.8 Å². The van der Waals surface area contributed by atoms with Crippen LogP contribution in [0.25, 0.3) is 0 Å². The Balaban J connectivity index is 0.000000152. The van der Waals surface area contributed by atoms with Crippen LogP contribution in [0, 0.1) is 57.2 Å². The largest absolute Gasteiger partial charge is 0.382 e. The third kappa shape index (κ3) is 4.55. The minimum atomic E-state index is -1.12. The van der Waals surface area contributed by atoms with Gasteiger partial charge in [-0.25, -0.2) is 0 Å². The van der Waals surface area contributed by atoms with Gasteiger partial charge in [0.15, 0.2) is 23.1 Å². The lowest BCUT2D eigenvalue weighted by Gasteiger charge is -2.58. The van der Waals surface area contributed by atoms with Crippen LogP contribution in [0.1, 0.15) is 144 Å². The number of hydrogen-bond donors (Lipinski definition) is 2. The van der Waals surface area contributed by atoms with Crippen molar-refractivity contribution in [2.24, 2.45) is 57.2 Å². The number of rotatable bonds is 2. The van der Waals surface area contributed by atoms with Crippen LogP contribution in [0.2, 0.25) is 0 Å². The molecule has 0 bridgehead atoms. The zero-order valence-electron chi connectivity index (χ0n) is 30.5. The molecule has 48 heavy (non-hydrogen) atoms. The zero-order chi connectivity index (χ0) is 34.7. The first-order valence-electron chi connectivity index (χ1n) is 19.4. The molecule has 12 atom stereocenters. The van der Waals surface area contributed by atoms with Crippen molar-refractivity contribution in [1.29, 1.82) is 0 Å². The number of Topliss-reactive ketones (excluding diaryl/α,β-unsaturated/α-hetero) is 2. The normalized spacial score (nSPS) is 50.6. The predicted molar refractivity (Wildman–Crippen MR) is 185 cm³/mol. The van der Waals surface area contributed by atoms with Gasteiger partial charge >= 0.3 is 0 Å². The average Bonchev–Trinajstić information content (AvgIpc) is 3.49. The Morgan fingerprint density at radius 2 is 0.896 bits per heavy atom. The summed E-state index contributed by atoms with van der Waals surface area (Å²) in [4.78, 5) is 48.2. The van der Waals surface area contributed by atoms with Crippen molar-refractivity contribution in [1.82, 2.24) is 0 Å². The summed E-state index contributed by atoms with van der Waals surface area (Å²) in [6.07, 6.45) is 18.7. The molecule has 12 unspecified atom stereocenters. The highest BCUT2D eigenvalue weighted by Gasteiger charge is 2.67. The predicted octanol–water partition coefficient (Wildman–Crippen LogP) is 7.68. The first-order chi connectivity index (χ1) is 22.4. The Hall–Kier alpha value is -1.92. The number of carbonyl (C=O) groups excluding carboxylic acids is 4. The molecule has 8 aliphatic carbocycles. The number of aliphatic hydroxyl groups is 2. The fraction of sp³-hybridized carbons (Fsp3) is 0.810. The molecule has 0 radical (unpaired) electrons. The van der Waals surface area contributed by atoms with Crippen LogP contribution < -0.4 is 0 Å². The molecule has 0 spiro atoms. The van der Waals surface area contributed by atoms with Gasteiger partial charge in [-0.2, -0.15) is 0 Å². The van der Waals surface area contributed by atoms with E-state index in [9.17, 15) is 29.4 Å². The Labute approximate surface area is 288 Å². The lowest BCUT2D eigenvalue weighted by atomic mass is 9.46. The number of fused-ring (bicyclic) bond motifs is 10. The third-order valence-corrected chi connectivity index (χ3v) is 17.4. The molecule has 0 heterocycles. The zero-order valence-corrected chi connectivity index (χ0v) is 30.5. The summed E-state index contributed by atoms with van der Waals surface area (Å²) < 4.78 is 0. The highest BCUT2D eigenvalue weighted by atomic mass is 16.3. The van der Waals surface area contributed by atoms with Crippen LogP contribution in [-0.2, 0) is 19.2 Å². The Kier molecular flexibility index (Phi) is 8.12. The first kappa shape index (κ1) is 34.5. The smallest absolute Gasteiger partial charge is 0.161 e. The van der Waals surface area contributed by atoms with Crippen molar-refractivity contribution in [2.75, 3.05) is 0 Å². The van der Waals surface area contributed by atoms with Gasteiger partial charge in [0.05, 0.1) is 0 Å². The van der Waals surface area contributed by atoms with Crippen LogP contribution in [0.4, 0.5) is 0 Å². The maximum absolute atomic E-state index is 12.2. The standard InChI is InChI=1S/2C21H30O3/c2*1-13(22)21(24)11-8-18-16-5-4-14-12-15(23)6-9-19(14,2)17(16)7-10-20(18,21)3/h2*12,16-18,24H,4-11H2,1-3H3. The Morgan fingerprint density at radius 3 is 1.25 bits per heavy atom. The molecule has 0 aromatic rings. The molecule has 0 aliphatic heterocycles. The van der Waals surface area contributed by atoms with Crippen molar-refractivity contribution in [3.8, 4) is 0 Å². The molecule has 6 nitrogen and oxygen atoms in total. The van der Waals surface area contributed by atoms with E-state index in [1.54, 1.807) is 13.8 Å². The molecular weight excluding hydrogens is 600 g/mol. The molecule has 0 saturated heterocycles. The second-order valence-corrected chi connectivity index (χ2v) is 18.8. The molecule has 6 heteroatoms. The summed E-state index contributed by atoms with van der Waals surface area (Å²) in [5.41, 5.74) is 0.311. The van der Waals surface area contributed by atoms with Gasteiger partial charge in [0.1, 0.15) is 11.2 Å². The number of carbonyl (C=O) groups is 4. The Morgan fingerprint density at radius 1 is 0.542 bits per heavy atom. The second kappa shape index (κ2) is 11.3. The topological polar surface area (TPSA) is 109 Å². The molecule has 2 N–H and O–H groups in total. The van der Waals surface area contributed by atoms with E-state index in [4.69, 9.17) is 0 Å². The van der Waals surface area contributed by atoms with Crippen molar-refractivity contribution in [2.45, 2.75) is 155 Å². The summed E-state index contributed by atoms with van der Waals surface area (Å²) in [5.74, 6) is 3.80. The second-order valence-electron chi connectivity index (χ2n) is 18.8. The maximum atomic E-state index is 12.2. The lowest BCUT2D eigenvalue weighted by Crippen LogP contribution is -2.57. The number of hydrogen-bond acceptors (Lipinski definition) is 6. The Bertz CT molecular complexity index is 1380. The van der Waals surface area contributed by atoms with Gasteiger partial charge in [-0.1, -0.05) is 38.8 Å². The van der Waals surface area contributed by atoms with Gasteiger partial charge in [0.2, 0.25) is 0 Å². The van der Waals surface area contributed by atoms with Gasteiger partial charge in [-0.15, -0.1) is 0 Å². The summed E-state index contributed by atoms with van der Waals surface area (Å²) >= 11 is 0. The van der Waals surface area contributed by atoms with Crippen LogP contribution in [0.15, 0.2) is 23.3 Å². The molecule has 8 rings (SSSR count). The van der Waals surface area contributed by atoms with E-state index in [-0.39, 0.29) is 33.2 Å². The van der Waals surface area contributed by atoms with E-state index < -0.39 is 11.2 Å². The molecule has 6 fully saturated rings. The quantitative estimate of drug-likeness (QED) is 0.315. The van der Waals surface area contributed by atoms with Crippen LogP contribution >= 0.6 is 0 Å². The summed E-state index contributed by atoms with van der Waals surface area (Å²) in [7, 11) is 0. The van der Waals surface area contributed by atoms with Crippen molar-refractivity contribution in [3.05, 3.63) is 23.3 Å². The van der Waals surface area contributed by atoms with Gasteiger partial charge in [0.25, 0.3) is 0 Å². The van der Waals surface area contributed by atoms with E-state index in [0.717, 1.165) is 77.0 Å². The molecule has 0 amide bonds. The summed E-state index contributed by atoms with van der Waals surface area (Å²) in [5, 5.41) is 22.3. The van der Waals surface area contributed by atoms with Gasteiger partial charge in [-0.3, -0.25) is 19.2 Å². The van der Waals surface area contributed by atoms with Gasteiger partial charge in [-0.05, 0) is 162 Å². The van der Waals surface area contributed by atoms with Crippen molar-refractivity contribution >= 4 is 23.1 Å². The fourth-order valence-electron chi connectivity index (χ4n) is 14.3. The van der Waals surface area contributed by atoms with Crippen LogP contribution in [0.3, 0.4) is 0 Å². The summed E-state index contributed by atoms with van der Waals surface area (Å²) in [6, 6.07) is 0. The fourth-order valence-corrected chi connectivity index (χ4v) is 14.3. The molecular formula is C42H60O6. The first-order valence-corrected chi connectivity index (χ1v) is 19.4. The molecule has 8 aliphatic rings. The SMILES string of the molecule is CC(=O)C1(O)CCC2C3CCC4=CC(=O)CCC4(C)C3CCC21C.CC(=O)C1(O)CCC2C3CCC4=CC(=O)CCC4(C)C3CCC21C. The molecule has 0 aromatic carbocycles. The van der Waals surface area contributed by atoms with E-state index >= 15 is 0 Å². The van der Waals surface area contributed by atoms with Crippen molar-refractivity contribution in [3.63, 3.8) is 0 Å². The monoisotopic (exact) mass is 660 g/mol. The van der Waals surface area contributed by atoms with Crippen LogP contribution in [-0.4, -0.2) is 44.5 Å². The van der Waals surface area contributed by atoms with Gasteiger partial charge in [0, 0.05) is 23.7 Å². The van der Waals surface area contributed by atoms with Crippen molar-refractivity contribution < 1.29 is 29.4 Å². The number of allylic oxidation sites excluding steroid dienone is 2. The van der Waals surface area contributed by atoms with E-state index in [2.05, 4.69) is 27.7 Å². The maximum Gasteiger partial charge on any atom is 0.161 e. The molecule has 264 valence electrons. The third-order valence-electron chi connectivity index (χ3n) is 17.4. The van der Waals surface area contributed by atoms with E-state index in [1.807, 2.05) is 12.2 Å². The van der Waals surface area contributed by atoms with Gasteiger partial charge < -0.3 is 10.2 Å². The molecule has 0 aromatic heterocycles. The highest BCUT2D eigenvalue weighted by molar-refractivity contribution is 5.92.